The number of nitrogens with two attached hydrogens (primary N) is 1. The van der Waals surface area contributed by atoms with Crippen molar-refractivity contribution in [1.82, 2.24) is 5.32 Å². The molecule has 2 atom stereocenters. The molecule has 0 radical (unpaired) electrons. The Bertz CT molecular complexity index is 104. The van der Waals surface area contributed by atoms with Crippen LogP contribution in [-0.4, -0.2) is 19.6 Å². The van der Waals surface area contributed by atoms with Crippen molar-refractivity contribution in [3.05, 3.63) is 0 Å². The Hall–Kier alpha value is -0.0800. The predicted molar refractivity (Wildman–Crippen MR) is 48.4 cm³/mol. The van der Waals surface area contributed by atoms with Crippen molar-refractivity contribution in [2.45, 2.75) is 26.2 Å². The van der Waals surface area contributed by atoms with Gasteiger partial charge in [-0.1, -0.05) is 13.3 Å². The number of hydrogen-bond acceptors (Lipinski definition) is 2. The Balaban J connectivity index is 2.20. The molecule has 0 amide bonds. The summed E-state index contributed by atoms with van der Waals surface area (Å²) in [4.78, 5) is 0. The molecule has 0 heterocycles. The second-order valence-corrected chi connectivity index (χ2v) is 3.49. The second kappa shape index (κ2) is 4.73. The van der Waals surface area contributed by atoms with Crippen LogP contribution in [0, 0.1) is 11.8 Å². The smallest absolute Gasteiger partial charge is 0.00175 e. The van der Waals surface area contributed by atoms with Crippen LogP contribution in [-0.2, 0) is 0 Å². The minimum atomic E-state index is 0.800. The van der Waals surface area contributed by atoms with E-state index in [9.17, 15) is 0 Å². The van der Waals surface area contributed by atoms with Gasteiger partial charge in [0.2, 0.25) is 0 Å². The third-order valence-electron chi connectivity index (χ3n) is 2.78. The van der Waals surface area contributed by atoms with Crippen LogP contribution >= 0.6 is 0 Å². The van der Waals surface area contributed by atoms with E-state index in [1.165, 1.54) is 25.8 Å². The summed E-state index contributed by atoms with van der Waals surface area (Å²) in [6, 6.07) is 0. The SMILES string of the molecule is CCNCC1CCCC1CN. The zero-order valence-electron chi connectivity index (χ0n) is 7.47. The topological polar surface area (TPSA) is 38.0 Å². The molecule has 0 aromatic rings. The van der Waals surface area contributed by atoms with E-state index in [1.807, 2.05) is 0 Å². The highest BCUT2D eigenvalue weighted by Gasteiger charge is 2.24. The van der Waals surface area contributed by atoms with Crippen molar-refractivity contribution in [3.63, 3.8) is 0 Å². The van der Waals surface area contributed by atoms with Crippen LogP contribution in [0.3, 0.4) is 0 Å². The molecule has 1 saturated carbocycles. The van der Waals surface area contributed by atoms with Crippen LogP contribution in [0.2, 0.25) is 0 Å². The van der Waals surface area contributed by atoms with E-state index in [4.69, 9.17) is 5.73 Å². The van der Waals surface area contributed by atoms with Crippen molar-refractivity contribution in [2.24, 2.45) is 17.6 Å². The molecule has 0 aromatic carbocycles. The molecule has 1 aliphatic carbocycles. The number of rotatable bonds is 4. The van der Waals surface area contributed by atoms with Gasteiger partial charge in [0.25, 0.3) is 0 Å². The molecule has 0 spiro atoms. The Morgan fingerprint density at radius 3 is 2.73 bits per heavy atom. The predicted octanol–water partition coefficient (Wildman–Crippen LogP) is 0.971. The third-order valence-corrected chi connectivity index (χ3v) is 2.78. The fraction of sp³-hybridized carbons (Fsp3) is 1.00. The van der Waals surface area contributed by atoms with Gasteiger partial charge in [-0.15, -0.1) is 0 Å². The molecule has 1 aliphatic rings. The molecule has 11 heavy (non-hydrogen) atoms. The van der Waals surface area contributed by atoms with E-state index in [2.05, 4.69) is 12.2 Å². The first-order valence-electron chi connectivity index (χ1n) is 4.79. The normalized spacial score (nSPS) is 31.1. The zero-order valence-corrected chi connectivity index (χ0v) is 7.47. The molecule has 0 aromatic heterocycles. The van der Waals surface area contributed by atoms with E-state index in [0.29, 0.717) is 0 Å². The largest absolute Gasteiger partial charge is 0.330 e. The molecular formula is C9H20N2. The van der Waals surface area contributed by atoms with Gasteiger partial charge in [-0.05, 0) is 44.3 Å². The van der Waals surface area contributed by atoms with E-state index in [0.717, 1.165) is 24.9 Å². The van der Waals surface area contributed by atoms with Crippen molar-refractivity contribution in [1.29, 1.82) is 0 Å². The maximum absolute atomic E-state index is 5.67. The van der Waals surface area contributed by atoms with Crippen LogP contribution in [0.5, 0.6) is 0 Å². The Kier molecular flexibility index (Phi) is 3.87. The minimum absolute atomic E-state index is 0.800. The minimum Gasteiger partial charge on any atom is -0.330 e. The lowest BCUT2D eigenvalue weighted by Gasteiger charge is -2.17. The average Bonchev–Trinajstić information content (AvgIpc) is 2.47. The number of hydrogen-bond donors (Lipinski definition) is 2. The molecule has 1 rings (SSSR count). The van der Waals surface area contributed by atoms with Crippen molar-refractivity contribution < 1.29 is 0 Å². The lowest BCUT2D eigenvalue weighted by atomic mass is 9.96. The van der Waals surface area contributed by atoms with E-state index < -0.39 is 0 Å². The quantitative estimate of drug-likeness (QED) is 0.636. The molecule has 0 bridgehead atoms. The van der Waals surface area contributed by atoms with Crippen molar-refractivity contribution in [2.75, 3.05) is 19.6 Å². The van der Waals surface area contributed by atoms with Crippen LogP contribution in [0.1, 0.15) is 26.2 Å². The Labute approximate surface area is 69.5 Å². The fourth-order valence-corrected chi connectivity index (χ4v) is 2.02. The van der Waals surface area contributed by atoms with Gasteiger partial charge < -0.3 is 11.1 Å². The summed E-state index contributed by atoms with van der Waals surface area (Å²) in [6.07, 6.45) is 4.12. The van der Waals surface area contributed by atoms with Crippen LogP contribution in [0.25, 0.3) is 0 Å². The highest BCUT2D eigenvalue weighted by Crippen LogP contribution is 2.29. The highest BCUT2D eigenvalue weighted by atomic mass is 14.9. The fourth-order valence-electron chi connectivity index (χ4n) is 2.02. The summed E-state index contributed by atoms with van der Waals surface area (Å²) in [5.74, 6) is 1.66. The van der Waals surface area contributed by atoms with E-state index in [-0.39, 0.29) is 0 Å². The summed E-state index contributed by atoms with van der Waals surface area (Å²) in [5.41, 5.74) is 5.67. The first-order valence-corrected chi connectivity index (χ1v) is 4.79. The molecule has 0 saturated heterocycles. The van der Waals surface area contributed by atoms with Crippen LogP contribution < -0.4 is 11.1 Å². The molecule has 2 heteroatoms. The molecule has 1 fully saturated rings. The second-order valence-electron chi connectivity index (χ2n) is 3.49. The number of nitrogens with one attached hydrogen (secondary N) is 1. The van der Waals surface area contributed by atoms with Gasteiger partial charge >= 0.3 is 0 Å². The summed E-state index contributed by atoms with van der Waals surface area (Å²) in [6.45, 7) is 5.31. The Morgan fingerprint density at radius 2 is 2.09 bits per heavy atom. The van der Waals surface area contributed by atoms with Crippen LogP contribution in [0.15, 0.2) is 0 Å². The lowest BCUT2D eigenvalue weighted by molar-refractivity contribution is 0.378. The highest BCUT2D eigenvalue weighted by molar-refractivity contribution is 4.79. The average molecular weight is 156 g/mol. The Morgan fingerprint density at radius 1 is 1.36 bits per heavy atom. The molecule has 66 valence electrons. The van der Waals surface area contributed by atoms with Crippen molar-refractivity contribution in [3.8, 4) is 0 Å². The van der Waals surface area contributed by atoms with E-state index >= 15 is 0 Å². The van der Waals surface area contributed by atoms with Gasteiger partial charge in [0.05, 0.1) is 0 Å². The van der Waals surface area contributed by atoms with Gasteiger partial charge in [-0.25, -0.2) is 0 Å². The zero-order chi connectivity index (χ0) is 8.10. The van der Waals surface area contributed by atoms with Gasteiger partial charge in [0.1, 0.15) is 0 Å². The first-order chi connectivity index (χ1) is 5.38. The molecule has 2 unspecified atom stereocenters. The summed E-state index contributed by atoms with van der Waals surface area (Å²) in [5, 5.41) is 3.40. The maximum Gasteiger partial charge on any atom is -0.00175 e. The standard InChI is InChI=1S/C9H20N2/c1-2-11-7-9-5-3-4-8(9)6-10/h8-9,11H,2-7,10H2,1H3. The van der Waals surface area contributed by atoms with Crippen molar-refractivity contribution >= 4 is 0 Å². The maximum atomic E-state index is 5.67. The van der Waals surface area contributed by atoms with Gasteiger partial charge in [-0.3, -0.25) is 0 Å². The van der Waals surface area contributed by atoms with Gasteiger partial charge in [0, 0.05) is 0 Å². The summed E-state index contributed by atoms with van der Waals surface area (Å²) >= 11 is 0. The molecule has 0 aliphatic heterocycles. The van der Waals surface area contributed by atoms with Gasteiger partial charge in [0.15, 0.2) is 0 Å². The molecular weight excluding hydrogens is 136 g/mol. The van der Waals surface area contributed by atoms with Gasteiger partial charge in [-0.2, -0.15) is 0 Å². The lowest BCUT2D eigenvalue weighted by Crippen LogP contribution is -2.28. The monoisotopic (exact) mass is 156 g/mol. The molecule has 3 N–H and O–H groups in total. The first kappa shape index (κ1) is 9.01. The summed E-state index contributed by atoms with van der Waals surface area (Å²) in [7, 11) is 0. The van der Waals surface area contributed by atoms with E-state index in [1.54, 1.807) is 0 Å². The summed E-state index contributed by atoms with van der Waals surface area (Å²) < 4.78 is 0. The third kappa shape index (κ3) is 2.46. The van der Waals surface area contributed by atoms with Crippen LogP contribution in [0.4, 0.5) is 0 Å². The molecule has 2 nitrogen and oxygen atoms in total.